The fourth-order valence-electron chi connectivity index (χ4n) is 6.64. The summed E-state index contributed by atoms with van der Waals surface area (Å²) in [5.74, 6) is -5.22. The number of carbonyl (C=O) groups excluding carboxylic acids is 3. The van der Waals surface area contributed by atoms with Crippen molar-refractivity contribution in [3.8, 4) is 16.9 Å². The Labute approximate surface area is 313 Å². The molecule has 16 heteroatoms. The molecule has 2 fully saturated rings. The molecule has 1 aliphatic heterocycles. The number of aromatic nitrogens is 1. The third kappa shape index (κ3) is 8.09. The molecule has 3 aromatic carbocycles. The Morgan fingerprint density at radius 2 is 1.69 bits per heavy atom. The van der Waals surface area contributed by atoms with Gasteiger partial charge in [-0.05, 0) is 49.9 Å². The number of carboxylic acid groups (broad SMARTS) is 1. The van der Waals surface area contributed by atoms with Crippen molar-refractivity contribution in [3.05, 3.63) is 93.8 Å². The standard InChI is InChI=1S/C39H40F2N4O10/c1-21-17-43(33-30(41)16-27-32(35(33)52-3)45(25-10-11-25)18-28(34(27)46)36(47)48)13-14-44(21)39(51)55-20-54-38(50)31(42)19-53-37(49)22(2)24-9-12-26(29(40)15-24)23-7-5-4-6-8-23/h4-9,12,15-16,18,21-22,25,31H,10-11,13-14,17,19-20,42H2,1-3H3,(H,47,48). The molecular weight excluding hydrogens is 722 g/mol. The topological polar surface area (TPSA) is 180 Å². The van der Waals surface area contributed by atoms with Crippen molar-refractivity contribution >= 4 is 40.6 Å². The van der Waals surface area contributed by atoms with E-state index in [2.05, 4.69) is 0 Å². The minimum absolute atomic E-state index is 0.0669. The van der Waals surface area contributed by atoms with Gasteiger partial charge in [-0.1, -0.05) is 42.5 Å². The third-order valence-electron chi connectivity index (χ3n) is 9.77. The maximum absolute atomic E-state index is 15.8. The van der Waals surface area contributed by atoms with Crippen molar-refractivity contribution in [1.29, 1.82) is 0 Å². The van der Waals surface area contributed by atoms with Crippen LogP contribution in [0.15, 0.2) is 65.6 Å². The number of fused-ring (bicyclic) bond motifs is 1. The van der Waals surface area contributed by atoms with Gasteiger partial charge in [0.05, 0.1) is 23.9 Å². The maximum atomic E-state index is 15.8. The van der Waals surface area contributed by atoms with Gasteiger partial charge in [0.25, 0.3) is 0 Å². The summed E-state index contributed by atoms with van der Waals surface area (Å²) in [6.07, 6.45) is 1.98. The quantitative estimate of drug-likeness (QED) is 0.149. The van der Waals surface area contributed by atoms with Crippen LogP contribution in [0.2, 0.25) is 0 Å². The van der Waals surface area contributed by atoms with E-state index in [1.54, 1.807) is 52.8 Å². The van der Waals surface area contributed by atoms with Crippen LogP contribution in [0.1, 0.15) is 54.6 Å². The SMILES string of the molecule is COc1c(N2CCN(C(=O)OCOC(=O)C(N)COC(=O)C(C)c3ccc(-c4ccccc4)c(F)c3)C(C)C2)c(F)cc2c(=O)c(C(=O)O)cn(C3CC3)c12. The van der Waals surface area contributed by atoms with E-state index < -0.39 is 78.0 Å². The highest BCUT2D eigenvalue weighted by atomic mass is 19.1. The van der Waals surface area contributed by atoms with Crippen molar-refractivity contribution in [1.82, 2.24) is 9.47 Å². The molecule has 290 valence electrons. The van der Waals surface area contributed by atoms with Gasteiger partial charge < -0.3 is 44.2 Å². The second-order valence-corrected chi connectivity index (χ2v) is 13.5. The number of nitrogens with zero attached hydrogens (tertiary/aromatic N) is 3. The number of esters is 2. The number of hydrogen-bond donors (Lipinski definition) is 2. The molecule has 1 amide bonds. The number of benzene rings is 3. The van der Waals surface area contributed by atoms with Crippen molar-refractivity contribution in [2.24, 2.45) is 5.73 Å². The first-order valence-corrected chi connectivity index (χ1v) is 17.6. The van der Waals surface area contributed by atoms with Crippen LogP contribution < -0.4 is 20.8 Å². The highest BCUT2D eigenvalue weighted by molar-refractivity contribution is 5.97. The van der Waals surface area contributed by atoms with Crippen LogP contribution in [0.5, 0.6) is 5.75 Å². The van der Waals surface area contributed by atoms with Crippen LogP contribution in [0.3, 0.4) is 0 Å². The summed E-state index contributed by atoms with van der Waals surface area (Å²) >= 11 is 0. The van der Waals surface area contributed by atoms with E-state index in [1.165, 1.54) is 31.2 Å². The summed E-state index contributed by atoms with van der Waals surface area (Å²) in [5, 5.41) is 9.49. The summed E-state index contributed by atoms with van der Waals surface area (Å²) in [4.78, 5) is 65.9. The Kier molecular flexibility index (Phi) is 11.4. The Hall–Kier alpha value is -6.03. The van der Waals surface area contributed by atoms with E-state index in [1.807, 2.05) is 6.07 Å². The molecule has 3 unspecified atom stereocenters. The minimum Gasteiger partial charge on any atom is -0.492 e. The number of methoxy groups -OCH3 is 1. The first kappa shape index (κ1) is 38.7. The number of hydrogen-bond acceptors (Lipinski definition) is 11. The zero-order valence-electron chi connectivity index (χ0n) is 30.3. The lowest BCUT2D eigenvalue weighted by Crippen LogP contribution is -2.54. The molecule has 0 spiro atoms. The molecule has 14 nitrogen and oxygen atoms in total. The Bertz CT molecular complexity index is 2190. The van der Waals surface area contributed by atoms with Crippen LogP contribution in [0.4, 0.5) is 19.3 Å². The number of halogens is 2. The van der Waals surface area contributed by atoms with E-state index >= 15 is 4.39 Å². The maximum Gasteiger partial charge on any atom is 0.413 e. The van der Waals surface area contributed by atoms with Crippen LogP contribution in [0.25, 0.3) is 22.0 Å². The molecule has 1 saturated carbocycles. The molecule has 0 radical (unpaired) electrons. The highest BCUT2D eigenvalue weighted by Gasteiger charge is 2.35. The van der Waals surface area contributed by atoms with Crippen LogP contribution >= 0.6 is 0 Å². The number of carbonyl (C=O) groups is 4. The fourth-order valence-corrected chi connectivity index (χ4v) is 6.64. The zero-order chi connectivity index (χ0) is 39.6. The smallest absolute Gasteiger partial charge is 0.413 e. The molecular formula is C39H40F2N4O10. The molecule has 2 aliphatic rings. The van der Waals surface area contributed by atoms with Gasteiger partial charge in [-0.2, -0.15) is 0 Å². The molecule has 3 atom stereocenters. The number of rotatable bonds is 12. The average molecular weight is 763 g/mol. The number of pyridine rings is 1. The third-order valence-corrected chi connectivity index (χ3v) is 9.77. The van der Waals surface area contributed by atoms with Crippen molar-refractivity contribution in [2.45, 2.75) is 50.7 Å². The summed E-state index contributed by atoms with van der Waals surface area (Å²) in [6, 6.07) is 12.4. The number of aromatic carboxylic acids is 1. The van der Waals surface area contributed by atoms with E-state index in [4.69, 9.17) is 24.7 Å². The number of piperazine rings is 1. The lowest BCUT2D eigenvalue weighted by molar-refractivity contribution is -0.157. The number of ether oxygens (including phenoxy) is 4. The first-order valence-electron chi connectivity index (χ1n) is 17.6. The Morgan fingerprint density at radius 3 is 2.33 bits per heavy atom. The highest BCUT2D eigenvalue weighted by Crippen LogP contribution is 2.44. The number of anilines is 1. The van der Waals surface area contributed by atoms with Gasteiger partial charge >= 0.3 is 24.0 Å². The van der Waals surface area contributed by atoms with Gasteiger partial charge in [0.1, 0.15) is 29.7 Å². The first-order chi connectivity index (χ1) is 26.3. The van der Waals surface area contributed by atoms with E-state index in [9.17, 15) is 33.5 Å². The zero-order valence-corrected chi connectivity index (χ0v) is 30.3. The molecule has 1 aliphatic carbocycles. The van der Waals surface area contributed by atoms with Crippen LogP contribution in [-0.2, 0) is 23.8 Å². The molecule has 3 N–H and O–H groups in total. The monoisotopic (exact) mass is 762 g/mol. The van der Waals surface area contributed by atoms with Gasteiger partial charge in [-0.25, -0.2) is 18.4 Å². The summed E-state index contributed by atoms with van der Waals surface area (Å²) in [5.41, 5.74) is 6.36. The molecule has 1 saturated heterocycles. The fraction of sp³-hybridized carbons (Fsp3) is 0.359. The molecule has 55 heavy (non-hydrogen) atoms. The van der Waals surface area contributed by atoms with Gasteiger partial charge in [0.15, 0.2) is 11.6 Å². The summed E-state index contributed by atoms with van der Waals surface area (Å²) < 4.78 is 53.2. The van der Waals surface area contributed by atoms with Crippen molar-refractivity contribution < 1.29 is 52.0 Å². The van der Waals surface area contributed by atoms with E-state index in [0.29, 0.717) is 22.2 Å². The van der Waals surface area contributed by atoms with Crippen molar-refractivity contribution in [2.75, 3.05) is 45.0 Å². The van der Waals surface area contributed by atoms with Gasteiger partial charge in [-0.15, -0.1) is 0 Å². The summed E-state index contributed by atoms with van der Waals surface area (Å²) in [7, 11) is 1.34. The van der Waals surface area contributed by atoms with Gasteiger partial charge in [0, 0.05) is 43.5 Å². The lowest BCUT2D eigenvalue weighted by Gasteiger charge is -2.40. The van der Waals surface area contributed by atoms with Crippen LogP contribution in [0, 0.1) is 11.6 Å². The molecule has 1 aromatic heterocycles. The number of carboxylic acids is 1. The van der Waals surface area contributed by atoms with Gasteiger partial charge in [0.2, 0.25) is 12.2 Å². The Balaban J connectivity index is 1.01. The number of nitrogens with two attached hydrogens (primary N) is 1. The molecule has 6 rings (SSSR count). The largest absolute Gasteiger partial charge is 0.492 e. The second-order valence-electron chi connectivity index (χ2n) is 13.5. The number of amides is 1. The van der Waals surface area contributed by atoms with E-state index in [-0.39, 0.29) is 42.5 Å². The van der Waals surface area contributed by atoms with Crippen LogP contribution in [-0.4, -0.2) is 90.8 Å². The Morgan fingerprint density at radius 1 is 0.964 bits per heavy atom. The molecule has 4 aromatic rings. The summed E-state index contributed by atoms with van der Waals surface area (Å²) in [6.45, 7) is 2.27. The predicted octanol–water partition coefficient (Wildman–Crippen LogP) is 4.81. The molecule has 2 heterocycles. The second kappa shape index (κ2) is 16.1. The average Bonchev–Trinajstić information content (AvgIpc) is 4.02. The normalized spacial score (nSPS) is 16.7. The lowest BCUT2D eigenvalue weighted by atomic mass is 9.97. The van der Waals surface area contributed by atoms with E-state index in [0.717, 1.165) is 18.9 Å². The predicted molar refractivity (Wildman–Crippen MR) is 195 cm³/mol. The van der Waals surface area contributed by atoms with Gasteiger partial charge in [-0.3, -0.25) is 14.4 Å². The van der Waals surface area contributed by atoms with Crippen molar-refractivity contribution in [3.63, 3.8) is 0 Å². The minimum atomic E-state index is -1.41. The molecule has 0 bridgehead atoms.